The third-order valence-corrected chi connectivity index (χ3v) is 4.61. The maximum Gasteiger partial charge on any atom is 0.138 e. The highest BCUT2D eigenvalue weighted by atomic mass is 35.5. The number of halogens is 1. The number of anilines is 1. The molecule has 4 rings (SSSR count). The van der Waals surface area contributed by atoms with Crippen molar-refractivity contribution in [3.63, 3.8) is 0 Å². The standard InChI is InChI=1S/C22H19ClN4/c1-15-21(16-5-9-18(23)10-6-16)27-22(26-15)17-7-11-19(12-8-17)25-14-20-4-2-3-13-24-20/h2-13,25H,14H2,1H3,(H,26,27). The maximum absolute atomic E-state index is 5.98. The van der Waals surface area contributed by atoms with Gasteiger partial charge in [0, 0.05) is 33.7 Å². The predicted molar refractivity (Wildman–Crippen MR) is 111 cm³/mol. The topological polar surface area (TPSA) is 53.6 Å². The second-order valence-corrected chi connectivity index (χ2v) is 6.75. The summed E-state index contributed by atoms with van der Waals surface area (Å²) in [6.45, 7) is 2.73. The van der Waals surface area contributed by atoms with E-state index in [1.165, 1.54) is 0 Å². The molecule has 4 nitrogen and oxygen atoms in total. The summed E-state index contributed by atoms with van der Waals surface area (Å²) in [7, 11) is 0. The molecule has 2 aromatic carbocycles. The average Bonchev–Trinajstić information content (AvgIpc) is 3.10. The van der Waals surface area contributed by atoms with Crippen LogP contribution < -0.4 is 5.32 Å². The predicted octanol–water partition coefficient (Wildman–Crippen LogP) is 5.71. The quantitative estimate of drug-likeness (QED) is 0.470. The molecule has 0 fully saturated rings. The molecule has 0 aliphatic rings. The van der Waals surface area contributed by atoms with E-state index in [0.29, 0.717) is 6.54 Å². The molecule has 0 atom stereocenters. The Balaban J connectivity index is 1.50. The number of benzene rings is 2. The molecular weight excluding hydrogens is 356 g/mol. The van der Waals surface area contributed by atoms with Gasteiger partial charge in [-0.05, 0) is 55.5 Å². The first kappa shape index (κ1) is 17.3. The largest absolute Gasteiger partial charge is 0.379 e. The van der Waals surface area contributed by atoms with Gasteiger partial charge in [0.25, 0.3) is 0 Å². The lowest BCUT2D eigenvalue weighted by Crippen LogP contribution is -2.00. The molecule has 2 aromatic heterocycles. The third kappa shape index (κ3) is 4.01. The molecule has 5 heteroatoms. The molecule has 0 radical (unpaired) electrons. The van der Waals surface area contributed by atoms with Crippen LogP contribution in [0, 0.1) is 6.92 Å². The molecule has 4 aromatic rings. The fourth-order valence-electron chi connectivity index (χ4n) is 2.93. The van der Waals surface area contributed by atoms with Gasteiger partial charge in [-0.25, -0.2) is 4.98 Å². The number of aryl methyl sites for hydroxylation is 1. The Morgan fingerprint density at radius 3 is 2.37 bits per heavy atom. The SMILES string of the molecule is Cc1[nH]c(-c2ccc(NCc3ccccn3)cc2)nc1-c1ccc(Cl)cc1. The number of aromatic amines is 1. The highest BCUT2D eigenvalue weighted by Gasteiger charge is 2.10. The molecule has 2 N–H and O–H groups in total. The Morgan fingerprint density at radius 1 is 0.926 bits per heavy atom. The smallest absolute Gasteiger partial charge is 0.138 e. The van der Waals surface area contributed by atoms with Crippen molar-refractivity contribution in [1.29, 1.82) is 0 Å². The number of H-pyrrole nitrogens is 1. The molecule has 0 amide bonds. The van der Waals surface area contributed by atoms with Crippen LogP contribution in [0.2, 0.25) is 5.02 Å². The van der Waals surface area contributed by atoms with Gasteiger partial charge in [0.2, 0.25) is 0 Å². The van der Waals surface area contributed by atoms with Crippen LogP contribution in [0.25, 0.3) is 22.6 Å². The molecule has 134 valence electrons. The number of rotatable bonds is 5. The fraction of sp³-hybridized carbons (Fsp3) is 0.0909. The van der Waals surface area contributed by atoms with Crippen molar-refractivity contribution in [3.05, 3.63) is 89.3 Å². The summed E-state index contributed by atoms with van der Waals surface area (Å²) in [5.41, 5.74) is 6.12. The van der Waals surface area contributed by atoms with Gasteiger partial charge in [0.05, 0.1) is 17.9 Å². The first-order chi connectivity index (χ1) is 13.2. The number of aromatic nitrogens is 3. The van der Waals surface area contributed by atoms with Crippen molar-refractivity contribution >= 4 is 17.3 Å². The zero-order valence-corrected chi connectivity index (χ0v) is 15.7. The Kier molecular flexibility index (Phi) is 4.90. The number of nitrogens with one attached hydrogen (secondary N) is 2. The van der Waals surface area contributed by atoms with Crippen LogP contribution in [0.5, 0.6) is 0 Å². The van der Waals surface area contributed by atoms with Crippen LogP contribution in [-0.4, -0.2) is 15.0 Å². The first-order valence-corrected chi connectivity index (χ1v) is 9.13. The Bertz CT molecular complexity index is 1020. The van der Waals surface area contributed by atoms with Gasteiger partial charge in [0.15, 0.2) is 0 Å². The van der Waals surface area contributed by atoms with Crippen LogP contribution in [0.4, 0.5) is 5.69 Å². The van der Waals surface area contributed by atoms with E-state index in [1.54, 1.807) is 6.20 Å². The molecule has 0 unspecified atom stereocenters. The Labute approximate surface area is 163 Å². The van der Waals surface area contributed by atoms with E-state index in [4.69, 9.17) is 16.6 Å². The summed E-state index contributed by atoms with van der Waals surface area (Å²) in [6.07, 6.45) is 1.80. The number of hydrogen-bond donors (Lipinski definition) is 2. The van der Waals surface area contributed by atoms with Crippen molar-refractivity contribution in [1.82, 2.24) is 15.0 Å². The zero-order chi connectivity index (χ0) is 18.6. The second kappa shape index (κ2) is 7.64. The summed E-state index contributed by atoms with van der Waals surface area (Å²) >= 11 is 5.98. The van der Waals surface area contributed by atoms with Crippen LogP contribution in [-0.2, 0) is 6.54 Å². The molecule has 2 heterocycles. The zero-order valence-electron chi connectivity index (χ0n) is 14.9. The highest BCUT2D eigenvalue weighted by Crippen LogP contribution is 2.27. The van der Waals surface area contributed by atoms with Crippen molar-refractivity contribution in [3.8, 4) is 22.6 Å². The van der Waals surface area contributed by atoms with Crippen LogP contribution in [0.3, 0.4) is 0 Å². The lowest BCUT2D eigenvalue weighted by molar-refractivity contribution is 1.05. The first-order valence-electron chi connectivity index (χ1n) is 8.76. The van der Waals surface area contributed by atoms with E-state index in [0.717, 1.165) is 44.7 Å². The number of imidazole rings is 1. The van der Waals surface area contributed by atoms with E-state index in [9.17, 15) is 0 Å². The van der Waals surface area contributed by atoms with E-state index in [2.05, 4.69) is 39.6 Å². The summed E-state index contributed by atoms with van der Waals surface area (Å²) < 4.78 is 0. The van der Waals surface area contributed by atoms with Crippen molar-refractivity contribution < 1.29 is 0 Å². The molecule has 0 aliphatic carbocycles. The number of pyridine rings is 1. The van der Waals surface area contributed by atoms with E-state index in [1.807, 2.05) is 49.4 Å². The minimum atomic E-state index is 0.695. The third-order valence-electron chi connectivity index (χ3n) is 4.36. The van der Waals surface area contributed by atoms with Crippen molar-refractivity contribution in [2.75, 3.05) is 5.32 Å². The van der Waals surface area contributed by atoms with Gasteiger partial charge in [-0.1, -0.05) is 29.8 Å². The summed E-state index contributed by atoms with van der Waals surface area (Å²) in [5, 5.41) is 4.10. The molecular formula is C22H19ClN4. The molecule has 0 saturated heterocycles. The van der Waals surface area contributed by atoms with Crippen molar-refractivity contribution in [2.45, 2.75) is 13.5 Å². The minimum absolute atomic E-state index is 0.695. The van der Waals surface area contributed by atoms with E-state index >= 15 is 0 Å². The minimum Gasteiger partial charge on any atom is -0.379 e. The van der Waals surface area contributed by atoms with Crippen LogP contribution >= 0.6 is 11.6 Å². The molecule has 0 aliphatic heterocycles. The van der Waals surface area contributed by atoms with Crippen molar-refractivity contribution in [2.24, 2.45) is 0 Å². The Hall–Kier alpha value is -3.11. The molecule has 0 spiro atoms. The van der Waals surface area contributed by atoms with Gasteiger partial charge < -0.3 is 10.3 Å². The normalized spacial score (nSPS) is 10.7. The summed E-state index contributed by atoms with van der Waals surface area (Å²) in [5.74, 6) is 0.855. The lowest BCUT2D eigenvalue weighted by Gasteiger charge is -2.06. The van der Waals surface area contributed by atoms with Gasteiger partial charge in [0.1, 0.15) is 5.82 Å². The van der Waals surface area contributed by atoms with Gasteiger partial charge >= 0.3 is 0 Å². The van der Waals surface area contributed by atoms with E-state index in [-0.39, 0.29) is 0 Å². The van der Waals surface area contributed by atoms with Crippen LogP contribution in [0.15, 0.2) is 72.9 Å². The average molecular weight is 375 g/mol. The summed E-state index contributed by atoms with van der Waals surface area (Å²) in [6, 6.07) is 21.9. The number of nitrogens with zero attached hydrogens (tertiary/aromatic N) is 2. The second-order valence-electron chi connectivity index (χ2n) is 6.32. The lowest BCUT2D eigenvalue weighted by atomic mass is 10.1. The van der Waals surface area contributed by atoms with Gasteiger partial charge in [-0.2, -0.15) is 0 Å². The van der Waals surface area contributed by atoms with Gasteiger partial charge in [-0.15, -0.1) is 0 Å². The van der Waals surface area contributed by atoms with E-state index < -0.39 is 0 Å². The summed E-state index contributed by atoms with van der Waals surface area (Å²) in [4.78, 5) is 12.5. The van der Waals surface area contributed by atoms with Crippen LogP contribution in [0.1, 0.15) is 11.4 Å². The molecule has 0 bridgehead atoms. The Morgan fingerprint density at radius 2 is 1.67 bits per heavy atom. The monoisotopic (exact) mass is 374 g/mol. The number of hydrogen-bond acceptors (Lipinski definition) is 3. The van der Waals surface area contributed by atoms with Gasteiger partial charge in [-0.3, -0.25) is 4.98 Å². The maximum atomic E-state index is 5.98. The molecule has 0 saturated carbocycles. The molecule has 27 heavy (non-hydrogen) atoms. The highest BCUT2D eigenvalue weighted by molar-refractivity contribution is 6.30. The fourth-order valence-corrected chi connectivity index (χ4v) is 3.05.